The summed E-state index contributed by atoms with van der Waals surface area (Å²) < 4.78 is 2.65. The molecule has 15 heavy (non-hydrogen) atoms. The summed E-state index contributed by atoms with van der Waals surface area (Å²) in [7, 11) is 0. The van der Waals surface area contributed by atoms with Crippen LogP contribution in [0.3, 0.4) is 0 Å². The van der Waals surface area contributed by atoms with Crippen molar-refractivity contribution in [2.24, 2.45) is 0 Å². The van der Waals surface area contributed by atoms with Crippen LogP contribution in [0.1, 0.15) is 5.56 Å². The van der Waals surface area contributed by atoms with Crippen LogP contribution in [-0.4, -0.2) is 15.0 Å². The van der Waals surface area contributed by atoms with E-state index >= 15 is 0 Å². The zero-order valence-electron chi connectivity index (χ0n) is 7.69. The van der Waals surface area contributed by atoms with Gasteiger partial charge >= 0.3 is 0 Å². The monoisotopic (exact) mass is 286 g/mol. The molecule has 0 bridgehead atoms. The molecule has 0 fully saturated rings. The van der Waals surface area contributed by atoms with Gasteiger partial charge in [-0.2, -0.15) is 0 Å². The minimum Gasteiger partial charge on any atom is -0.381 e. The minimum absolute atomic E-state index is 0.410. The van der Waals surface area contributed by atoms with Crippen molar-refractivity contribution in [3.8, 4) is 0 Å². The van der Waals surface area contributed by atoms with Crippen LogP contribution in [0.5, 0.6) is 0 Å². The van der Waals surface area contributed by atoms with E-state index in [0.717, 1.165) is 10.0 Å². The molecule has 0 radical (unpaired) electrons. The molecule has 0 aliphatic heterocycles. The van der Waals surface area contributed by atoms with Crippen LogP contribution in [0.2, 0.25) is 5.02 Å². The SMILES string of the molecule is Nc1cn(Cc2cc(Cl)ccc2Br)nn1. The van der Waals surface area contributed by atoms with Crippen LogP contribution in [0.4, 0.5) is 5.82 Å². The number of nitrogens with two attached hydrogens (primary N) is 1. The quantitative estimate of drug-likeness (QED) is 0.922. The van der Waals surface area contributed by atoms with E-state index < -0.39 is 0 Å². The van der Waals surface area contributed by atoms with Gasteiger partial charge in [-0.15, -0.1) is 5.10 Å². The Morgan fingerprint density at radius 2 is 2.27 bits per heavy atom. The van der Waals surface area contributed by atoms with E-state index in [1.165, 1.54) is 0 Å². The van der Waals surface area contributed by atoms with Gasteiger partial charge < -0.3 is 5.73 Å². The summed E-state index contributed by atoms with van der Waals surface area (Å²) in [5.74, 6) is 0.410. The van der Waals surface area contributed by atoms with E-state index in [1.54, 1.807) is 10.9 Å². The smallest absolute Gasteiger partial charge is 0.165 e. The molecule has 1 aromatic heterocycles. The van der Waals surface area contributed by atoms with Gasteiger partial charge in [0.1, 0.15) is 0 Å². The average molecular weight is 288 g/mol. The Kier molecular flexibility index (Phi) is 2.93. The lowest BCUT2D eigenvalue weighted by Gasteiger charge is -2.04. The maximum absolute atomic E-state index is 5.90. The summed E-state index contributed by atoms with van der Waals surface area (Å²) in [6.07, 6.45) is 1.67. The Morgan fingerprint density at radius 1 is 1.47 bits per heavy atom. The number of nitrogens with zero attached hydrogens (tertiary/aromatic N) is 3. The normalized spacial score (nSPS) is 10.5. The molecule has 6 heteroatoms. The minimum atomic E-state index is 0.410. The van der Waals surface area contributed by atoms with Gasteiger partial charge in [-0.3, -0.25) is 0 Å². The third-order valence-corrected chi connectivity index (χ3v) is 2.91. The van der Waals surface area contributed by atoms with Crippen molar-refractivity contribution in [2.45, 2.75) is 6.54 Å². The van der Waals surface area contributed by atoms with Crippen LogP contribution >= 0.6 is 27.5 Å². The number of nitrogen functional groups attached to an aromatic ring is 1. The van der Waals surface area contributed by atoms with Gasteiger partial charge in [-0.25, -0.2) is 4.68 Å². The average Bonchev–Trinajstić information content (AvgIpc) is 2.58. The van der Waals surface area contributed by atoms with Gasteiger partial charge in [-0.05, 0) is 23.8 Å². The lowest BCUT2D eigenvalue weighted by Crippen LogP contribution is -2.01. The Bertz CT molecular complexity index is 483. The Morgan fingerprint density at radius 3 is 2.93 bits per heavy atom. The van der Waals surface area contributed by atoms with Crippen LogP contribution in [0, 0.1) is 0 Å². The standard InChI is InChI=1S/C9H8BrClN4/c10-8-2-1-7(11)3-6(8)4-15-5-9(12)13-14-15/h1-3,5H,4,12H2. The van der Waals surface area contributed by atoms with Crippen LogP contribution in [0.15, 0.2) is 28.9 Å². The molecule has 4 nitrogen and oxygen atoms in total. The summed E-state index contributed by atoms with van der Waals surface area (Å²) in [4.78, 5) is 0. The van der Waals surface area contributed by atoms with E-state index in [-0.39, 0.29) is 0 Å². The second-order valence-corrected chi connectivity index (χ2v) is 4.37. The highest BCUT2D eigenvalue weighted by Gasteiger charge is 2.03. The molecule has 2 aromatic rings. The largest absolute Gasteiger partial charge is 0.381 e. The molecule has 0 aliphatic carbocycles. The maximum atomic E-state index is 5.90. The zero-order chi connectivity index (χ0) is 10.8. The summed E-state index contributed by atoms with van der Waals surface area (Å²) in [5, 5.41) is 8.26. The Labute approximate surface area is 100 Å². The first-order valence-corrected chi connectivity index (χ1v) is 5.42. The van der Waals surface area contributed by atoms with E-state index in [9.17, 15) is 0 Å². The van der Waals surface area contributed by atoms with Crippen molar-refractivity contribution in [3.05, 3.63) is 39.5 Å². The topological polar surface area (TPSA) is 56.7 Å². The summed E-state index contributed by atoms with van der Waals surface area (Å²) in [6, 6.07) is 5.60. The first-order chi connectivity index (χ1) is 7.15. The van der Waals surface area contributed by atoms with E-state index in [1.807, 2.05) is 18.2 Å². The van der Waals surface area contributed by atoms with Crippen LogP contribution in [0.25, 0.3) is 0 Å². The number of hydrogen-bond acceptors (Lipinski definition) is 3. The fraction of sp³-hybridized carbons (Fsp3) is 0.111. The first-order valence-electron chi connectivity index (χ1n) is 4.24. The number of hydrogen-bond donors (Lipinski definition) is 1. The second kappa shape index (κ2) is 4.20. The third-order valence-electron chi connectivity index (χ3n) is 1.90. The molecule has 1 aromatic carbocycles. The third kappa shape index (κ3) is 2.49. The maximum Gasteiger partial charge on any atom is 0.165 e. The summed E-state index contributed by atoms with van der Waals surface area (Å²) in [5.41, 5.74) is 6.50. The highest BCUT2D eigenvalue weighted by Crippen LogP contribution is 2.21. The van der Waals surface area contributed by atoms with Crippen molar-refractivity contribution in [2.75, 3.05) is 5.73 Å². The highest BCUT2D eigenvalue weighted by atomic mass is 79.9. The fourth-order valence-corrected chi connectivity index (χ4v) is 1.80. The Hall–Kier alpha value is -1.07. The number of aromatic nitrogens is 3. The number of halogens is 2. The van der Waals surface area contributed by atoms with Crippen LogP contribution in [-0.2, 0) is 6.54 Å². The predicted molar refractivity (Wildman–Crippen MR) is 62.7 cm³/mol. The van der Waals surface area contributed by atoms with Gasteiger partial charge in [0, 0.05) is 9.50 Å². The van der Waals surface area contributed by atoms with Crippen molar-refractivity contribution >= 4 is 33.3 Å². The Balaban J connectivity index is 2.27. The molecular weight excluding hydrogens is 279 g/mol. The predicted octanol–water partition coefficient (Wildman–Crippen LogP) is 2.32. The van der Waals surface area contributed by atoms with Gasteiger partial charge in [0.15, 0.2) is 5.82 Å². The van der Waals surface area contributed by atoms with Crippen LogP contribution < -0.4 is 5.73 Å². The summed E-state index contributed by atoms with van der Waals surface area (Å²) >= 11 is 9.34. The molecule has 1 heterocycles. The van der Waals surface area contributed by atoms with Crippen molar-refractivity contribution in [1.82, 2.24) is 15.0 Å². The molecule has 0 atom stereocenters. The molecule has 0 saturated carbocycles. The van der Waals surface area contributed by atoms with Crippen molar-refractivity contribution in [3.63, 3.8) is 0 Å². The second-order valence-electron chi connectivity index (χ2n) is 3.08. The van der Waals surface area contributed by atoms with Crippen molar-refractivity contribution < 1.29 is 0 Å². The van der Waals surface area contributed by atoms with E-state index in [2.05, 4.69) is 26.2 Å². The lowest BCUT2D eigenvalue weighted by atomic mass is 10.2. The van der Waals surface area contributed by atoms with Gasteiger partial charge in [0.2, 0.25) is 0 Å². The molecule has 0 saturated heterocycles. The number of anilines is 1. The zero-order valence-corrected chi connectivity index (χ0v) is 10.0. The molecule has 2 N–H and O–H groups in total. The molecule has 0 spiro atoms. The first kappa shape index (κ1) is 10.4. The van der Waals surface area contributed by atoms with Crippen molar-refractivity contribution in [1.29, 1.82) is 0 Å². The molecule has 2 rings (SSSR count). The van der Waals surface area contributed by atoms with E-state index in [0.29, 0.717) is 17.4 Å². The molecule has 0 aliphatic rings. The number of rotatable bonds is 2. The molecule has 0 amide bonds. The fourth-order valence-electron chi connectivity index (χ4n) is 1.23. The highest BCUT2D eigenvalue weighted by molar-refractivity contribution is 9.10. The van der Waals surface area contributed by atoms with Gasteiger partial charge in [-0.1, -0.05) is 32.7 Å². The van der Waals surface area contributed by atoms with Gasteiger partial charge in [0.05, 0.1) is 12.7 Å². The molecular formula is C9H8BrClN4. The number of benzene rings is 1. The van der Waals surface area contributed by atoms with Gasteiger partial charge in [0.25, 0.3) is 0 Å². The molecule has 0 unspecified atom stereocenters. The molecule has 78 valence electrons. The van der Waals surface area contributed by atoms with E-state index in [4.69, 9.17) is 17.3 Å². The lowest BCUT2D eigenvalue weighted by molar-refractivity contribution is 0.648. The summed E-state index contributed by atoms with van der Waals surface area (Å²) in [6.45, 7) is 0.589.